The first kappa shape index (κ1) is 18.3. The van der Waals surface area contributed by atoms with Gasteiger partial charge in [-0.15, -0.1) is 0 Å². The second kappa shape index (κ2) is 6.43. The van der Waals surface area contributed by atoms with Gasteiger partial charge in [-0.2, -0.15) is 13.2 Å². The predicted molar refractivity (Wildman–Crippen MR) is 81.4 cm³/mol. The summed E-state index contributed by atoms with van der Waals surface area (Å²) in [5, 5.41) is 2.54. The number of methoxy groups -OCH3 is 1. The molecule has 0 spiro atoms. The standard InChI is InChI=1S/C16H19F3N2O3/c1-15(2,24-3)14(23)20-11-8-9-21(13(11)22)12-7-5-4-6-10(12)16(17,18)19/h4-7,11H,8-9H2,1-3H3,(H,20,23)/t11-/m0/s1. The molecular formula is C16H19F3N2O3. The minimum absolute atomic E-state index is 0.101. The maximum atomic E-state index is 13.1. The normalized spacial score (nSPS) is 18.8. The first-order valence-electron chi connectivity index (χ1n) is 7.41. The molecule has 0 aromatic heterocycles. The van der Waals surface area contributed by atoms with Gasteiger partial charge in [-0.25, -0.2) is 0 Å². The SMILES string of the molecule is COC(C)(C)C(=O)N[C@H]1CCN(c2ccccc2C(F)(F)F)C1=O. The van der Waals surface area contributed by atoms with Crippen LogP contribution in [0.3, 0.4) is 0 Å². The Morgan fingerprint density at radius 3 is 2.50 bits per heavy atom. The van der Waals surface area contributed by atoms with E-state index in [1.807, 2.05) is 0 Å². The van der Waals surface area contributed by atoms with E-state index in [4.69, 9.17) is 4.74 Å². The van der Waals surface area contributed by atoms with Gasteiger partial charge in [-0.05, 0) is 32.4 Å². The van der Waals surface area contributed by atoms with Crippen molar-refractivity contribution in [2.24, 2.45) is 0 Å². The minimum Gasteiger partial charge on any atom is -0.369 e. The van der Waals surface area contributed by atoms with Gasteiger partial charge in [0.05, 0.1) is 11.3 Å². The van der Waals surface area contributed by atoms with E-state index in [2.05, 4.69) is 5.32 Å². The third kappa shape index (κ3) is 3.53. The summed E-state index contributed by atoms with van der Waals surface area (Å²) in [5.74, 6) is -1.05. The van der Waals surface area contributed by atoms with Crippen LogP contribution >= 0.6 is 0 Å². The molecule has 0 saturated carbocycles. The topological polar surface area (TPSA) is 58.6 Å². The van der Waals surface area contributed by atoms with E-state index in [-0.39, 0.29) is 18.7 Å². The molecule has 0 unspecified atom stereocenters. The molecule has 1 aliphatic rings. The molecular weight excluding hydrogens is 325 g/mol. The highest BCUT2D eigenvalue weighted by Gasteiger charge is 2.41. The molecule has 0 bridgehead atoms. The number of amides is 2. The Balaban J connectivity index is 2.20. The zero-order valence-corrected chi connectivity index (χ0v) is 13.6. The van der Waals surface area contributed by atoms with E-state index in [0.29, 0.717) is 0 Å². The lowest BCUT2D eigenvalue weighted by molar-refractivity contribution is -0.141. The van der Waals surface area contributed by atoms with E-state index in [9.17, 15) is 22.8 Å². The van der Waals surface area contributed by atoms with Gasteiger partial charge in [-0.1, -0.05) is 12.1 Å². The van der Waals surface area contributed by atoms with Crippen LogP contribution in [-0.4, -0.2) is 37.1 Å². The monoisotopic (exact) mass is 344 g/mol. The van der Waals surface area contributed by atoms with Crippen LogP contribution in [-0.2, 0) is 20.5 Å². The summed E-state index contributed by atoms with van der Waals surface area (Å²) in [5.41, 5.74) is -2.20. The van der Waals surface area contributed by atoms with Crippen LogP contribution in [0.1, 0.15) is 25.8 Å². The Labute approximate surface area is 137 Å². The van der Waals surface area contributed by atoms with Crippen molar-refractivity contribution in [3.05, 3.63) is 29.8 Å². The summed E-state index contributed by atoms with van der Waals surface area (Å²) in [4.78, 5) is 25.6. The van der Waals surface area contributed by atoms with Gasteiger partial charge in [0.2, 0.25) is 5.91 Å². The van der Waals surface area contributed by atoms with E-state index < -0.39 is 35.2 Å². The Hall–Kier alpha value is -2.09. The Bertz CT molecular complexity index is 644. The number of hydrogen-bond acceptors (Lipinski definition) is 3. The Kier molecular flexibility index (Phi) is 4.89. The van der Waals surface area contributed by atoms with Gasteiger partial charge in [0, 0.05) is 13.7 Å². The maximum Gasteiger partial charge on any atom is 0.418 e. The maximum absolute atomic E-state index is 13.1. The predicted octanol–water partition coefficient (Wildman–Crippen LogP) is 2.35. The molecule has 1 aromatic rings. The van der Waals surface area contributed by atoms with Crippen LogP contribution in [0.4, 0.5) is 18.9 Å². The van der Waals surface area contributed by atoms with Gasteiger partial charge in [-0.3, -0.25) is 9.59 Å². The second-order valence-corrected chi connectivity index (χ2v) is 6.03. The van der Waals surface area contributed by atoms with Crippen molar-refractivity contribution in [2.45, 2.75) is 38.1 Å². The Morgan fingerprint density at radius 2 is 1.92 bits per heavy atom. The van der Waals surface area contributed by atoms with E-state index in [1.54, 1.807) is 13.8 Å². The number of alkyl halides is 3. The number of carbonyl (C=O) groups excluding carboxylic acids is 2. The van der Waals surface area contributed by atoms with Crippen LogP contribution in [0.2, 0.25) is 0 Å². The van der Waals surface area contributed by atoms with Crippen molar-refractivity contribution >= 4 is 17.5 Å². The van der Waals surface area contributed by atoms with Gasteiger partial charge in [0.15, 0.2) is 0 Å². The number of rotatable bonds is 4. The number of halogens is 3. The lowest BCUT2D eigenvalue weighted by atomic mass is 10.1. The molecule has 0 aliphatic carbocycles. The second-order valence-electron chi connectivity index (χ2n) is 6.03. The summed E-state index contributed by atoms with van der Waals surface area (Å²) < 4.78 is 44.4. The first-order valence-corrected chi connectivity index (χ1v) is 7.41. The summed E-state index contributed by atoms with van der Waals surface area (Å²) in [6, 6.07) is 4.03. The van der Waals surface area contributed by atoms with Gasteiger partial charge >= 0.3 is 6.18 Å². The highest BCUT2D eigenvalue weighted by molar-refractivity contribution is 6.02. The Morgan fingerprint density at radius 1 is 1.29 bits per heavy atom. The highest BCUT2D eigenvalue weighted by atomic mass is 19.4. The van der Waals surface area contributed by atoms with E-state index in [1.165, 1.54) is 25.3 Å². The molecule has 1 aliphatic heterocycles. The summed E-state index contributed by atoms with van der Waals surface area (Å²) >= 11 is 0. The molecule has 2 rings (SSSR count). The minimum atomic E-state index is -4.56. The van der Waals surface area contributed by atoms with Crippen molar-refractivity contribution in [1.82, 2.24) is 5.32 Å². The number of ether oxygens (including phenoxy) is 1. The molecule has 2 amide bonds. The molecule has 5 nitrogen and oxygen atoms in total. The molecule has 24 heavy (non-hydrogen) atoms. The first-order chi connectivity index (χ1) is 11.1. The summed E-state index contributed by atoms with van der Waals surface area (Å²) in [6.45, 7) is 3.18. The lowest BCUT2D eigenvalue weighted by Gasteiger charge is -2.24. The molecule has 1 N–H and O–H groups in total. The van der Waals surface area contributed by atoms with Crippen LogP contribution in [0.25, 0.3) is 0 Å². The molecule has 1 atom stereocenters. The van der Waals surface area contributed by atoms with Crippen molar-refractivity contribution in [2.75, 3.05) is 18.6 Å². The zero-order valence-electron chi connectivity index (χ0n) is 13.6. The van der Waals surface area contributed by atoms with E-state index >= 15 is 0 Å². The molecule has 1 aromatic carbocycles. The molecule has 8 heteroatoms. The zero-order chi connectivity index (χ0) is 18.1. The third-order valence-corrected chi connectivity index (χ3v) is 4.07. The number of hydrogen-bond donors (Lipinski definition) is 1. The molecule has 0 radical (unpaired) electrons. The number of carbonyl (C=O) groups is 2. The fourth-order valence-corrected chi connectivity index (χ4v) is 2.43. The summed E-state index contributed by atoms with van der Waals surface area (Å²) in [6.07, 6.45) is -4.33. The van der Waals surface area contributed by atoms with Crippen LogP contribution in [0.5, 0.6) is 0 Å². The van der Waals surface area contributed by atoms with Gasteiger partial charge in [0.1, 0.15) is 11.6 Å². The van der Waals surface area contributed by atoms with Crippen molar-refractivity contribution in [1.29, 1.82) is 0 Å². The highest BCUT2D eigenvalue weighted by Crippen LogP contribution is 2.37. The summed E-state index contributed by atoms with van der Waals surface area (Å²) in [7, 11) is 1.36. The van der Waals surface area contributed by atoms with Crippen molar-refractivity contribution in [3.63, 3.8) is 0 Å². The van der Waals surface area contributed by atoms with Crippen molar-refractivity contribution < 1.29 is 27.5 Å². The molecule has 1 heterocycles. The van der Waals surface area contributed by atoms with Gasteiger partial charge in [0.25, 0.3) is 5.91 Å². The van der Waals surface area contributed by atoms with E-state index in [0.717, 1.165) is 11.0 Å². The van der Waals surface area contributed by atoms with Crippen LogP contribution in [0.15, 0.2) is 24.3 Å². The number of nitrogens with one attached hydrogen (secondary N) is 1. The quantitative estimate of drug-likeness (QED) is 0.912. The number of para-hydroxylation sites is 1. The molecule has 132 valence electrons. The number of nitrogens with zero attached hydrogens (tertiary/aromatic N) is 1. The van der Waals surface area contributed by atoms with Crippen LogP contribution < -0.4 is 10.2 Å². The van der Waals surface area contributed by atoms with Crippen LogP contribution in [0, 0.1) is 0 Å². The van der Waals surface area contributed by atoms with Gasteiger partial charge < -0.3 is 15.0 Å². The average molecular weight is 344 g/mol. The van der Waals surface area contributed by atoms with Crippen molar-refractivity contribution in [3.8, 4) is 0 Å². The number of anilines is 1. The third-order valence-electron chi connectivity index (χ3n) is 4.07. The number of benzene rings is 1. The molecule has 1 saturated heterocycles. The fourth-order valence-electron chi connectivity index (χ4n) is 2.43. The smallest absolute Gasteiger partial charge is 0.369 e. The largest absolute Gasteiger partial charge is 0.418 e. The molecule has 1 fully saturated rings. The fraction of sp³-hybridized carbons (Fsp3) is 0.500. The average Bonchev–Trinajstić information content (AvgIpc) is 2.87. The lowest BCUT2D eigenvalue weighted by Crippen LogP contribution is -2.50.